The zero-order valence-electron chi connectivity index (χ0n) is 5.92. The minimum absolute atomic E-state index is 0.500. The fourth-order valence-corrected chi connectivity index (χ4v) is 0. The van der Waals surface area contributed by atoms with Crippen molar-refractivity contribution in [2.24, 2.45) is 5.73 Å². The van der Waals surface area contributed by atoms with Gasteiger partial charge in [0, 0.05) is 14.1 Å². The van der Waals surface area contributed by atoms with E-state index in [1.165, 1.54) is 4.90 Å². The molecule has 0 radical (unpaired) electrons. The zero-order chi connectivity index (χ0) is 7.86. The summed E-state index contributed by atoms with van der Waals surface area (Å²) in [5.74, 6) is 0. The van der Waals surface area contributed by atoms with Crippen molar-refractivity contribution in [3.8, 4) is 0 Å². The lowest BCUT2D eigenvalue weighted by Gasteiger charge is -1.93. The van der Waals surface area contributed by atoms with Gasteiger partial charge in [0.05, 0.1) is 4.99 Å². The highest BCUT2D eigenvalue weighted by Crippen LogP contribution is 1.52. The molecule has 0 aromatic rings. The van der Waals surface area contributed by atoms with E-state index >= 15 is 0 Å². The Kier molecular flexibility index (Phi) is 9.16. The van der Waals surface area contributed by atoms with Crippen molar-refractivity contribution in [2.45, 2.75) is 6.92 Å². The molecule has 0 aromatic carbocycles. The summed E-state index contributed by atoms with van der Waals surface area (Å²) in [5.41, 5.74) is 4.84. The molecule has 9 heavy (non-hydrogen) atoms. The number of nitrogens with zero attached hydrogens (tertiary/aromatic N) is 1. The van der Waals surface area contributed by atoms with Crippen molar-refractivity contribution in [3.05, 3.63) is 0 Å². The molecular weight excluding hydrogens is 136 g/mol. The maximum absolute atomic E-state index is 9.43. The zero-order valence-corrected chi connectivity index (χ0v) is 6.73. The Morgan fingerprint density at radius 2 is 1.78 bits per heavy atom. The van der Waals surface area contributed by atoms with Gasteiger partial charge < -0.3 is 10.6 Å². The summed E-state index contributed by atoms with van der Waals surface area (Å²) in [4.78, 5) is 11.4. The van der Waals surface area contributed by atoms with E-state index in [0.717, 1.165) is 6.41 Å². The summed E-state index contributed by atoms with van der Waals surface area (Å²) < 4.78 is 0. The number of hydrogen-bond acceptors (Lipinski definition) is 2. The van der Waals surface area contributed by atoms with Crippen molar-refractivity contribution < 1.29 is 4.79 Å². The van der Waals surface area contributed by atoms with E-state index in [1.54, 1.807) is 21.0 Å². The SMILES string of the molecule is CC(N)=S.CN(C)C=O. The Labute approximate surface area is 60.8 Å². The molecule has 4 heteroatoms. The summed E-state index contributed by atoms with van der Waals surface area (Å²) in [7, 11) is 3.38. The Bertz CT molecular complexity index is 89.0. The van der Waals surface area contributed by atoms with E-state index in [2.05, 4.69) is 12.2 Å². The lowest BCUT2D eigenvalue weighted by molar-refractivity contribution is -0.115. The molecule has 0 spiro atoms. The van der Waals surface area contributed by atoms with Crippen LogP contribution in [-0.2, 0) is 4.79 Å². The van der Waals surface area contributed by atoms with E-state index in [1.807, 2.05) is 0 Å². The first-order chi connectivity index (χ1) is 4.00. The van der Waals surface area contributed by atoms with Crippen LogP contribution in [0.25, 0.3) is 0 Å². The van der Waals surface area contributed by atoms with Crippen LogP contribution in [0.15, 0.2) is 0 Å². The Balaban J connectivity index is 0. The van der Waals surface area contributed by atoms with E-state index in [-0.39, 0.29) is 0 Å². The Morgan fingerprint density at radius 1 is 1.67 bits per heavy atom. The smallest absolute Gasteiger partial charge is 0.209 e. The normalized spacial score (nSPS) is 6.56. The highest BCUT2D eigenvalue weighted by atomic mass is 32.1. The maximum atomic E-state index is 9.43. The molecule has 0 bridgehead atoms. The fourth-order valence-electron chi connectivity index (χ4n) is 0. The van der Waals surface area contributed by atoms with Crippen LogP contribution >= 0.6 is 12.2 Å². The minimum atomic E-state index is 0.500. The van der Waals surface area contributed by atoms with Crippen molar-refractivity contribution in [1.29, 1.82) is 0 Å². The summed E-state index contributed by atoms with van der Waals surface area (Å²) >= 11 is 4.31. The first kappa shape index (κ1) is 11.2. The number of hydrogen-bond donors (Lipinski definition) is 1. The number of carbonyl (C=O) groups excluding carboxylic acids is 1. The van der Waals surface area contributed by atoms with E-state index in [0.29, 0.717) is 4.99 Å². The number of thiocarbonyl (C=S) groups is 1. The lowest BCUT2D eigenvalue weighted by atomic mass is 10.8. The van der Waals surface area contributed by atoms with Crippen LogP contribution < -0.4 is 5.73 Å². The lowest BCUT2D eigenvalue weighted by Crippen LogP contribution is -2.06. The third-order valence-corrected chi connectivity index (χ3v) is 0.211. The predicted octanol–water partition coefficient (Wildman–Crippen LogP) is -0.00320. The molecule has 54 valence electrons. The second kappa shape index (κ2) is 7.36. The van der Waals surface area contributed by atoms with Crippen LogP contribution in [0.5, 0.6) is 0 Å². The van der Waals surface area contributed by atoms with Gasteiger partial charge in [0.25, 0.3) is 0 Å². The summed E-state index contributed by atoms with van der Waals surface area (Å²) in [6.45, 7) is 1.68. The van der Waals surface area contributed by atoms with E-state index in [4.69, 9.17) is 5.73 Å². The fraction of sp³-hybridized carbons (Fsp3) is 0.600. The molecule has 0 saturated heterocycles. The molecule has 0 rings (SSSR count). The highest BCUT2D eigenvalue weighted by Gasteiger charge is 1.68. The molecule has 1 amide bonds. The molecule has 0 aliphatic carbocycles. The van der Waals surface area contributed by atoms with Gasteiger partial charge >= 0.3 is 0 Å². The van der Waals surface area contributed by atoms with Crippen molar-refractivity contribution in [1.82, 2.24) is 4.90 Å². The van der Waals surface area contributed by atoms with Gasteiger partial charge in [0.2, 0.25) is 6.41 Å². The average molecular weight is 148 g/mol. The maximum Gasteiger partial charge on any atom is 0.209 e. The summed E-state index contributed by atoms with van der Waals surface area (Å²) in [6, 6.07) is 0. The van der Waals surface area contributed by atoms with Crippen LogP contribution in [0.4, 0.5) is 0 Å². The minimum Gasteiger partial charge on any atom is -0.394 e. The van der Waals surface area contributed by atoms with Gasteiger partial charge in [-0.3, -0.25) is 4.79 Å². The van der Waals surface area contributed by atoms with E-state index < -0.39 is 0 Å². The second-order valence-electron chi connectivity index (χ2n) is 1.68. The highest BCUT2D eigenvalue weighted by molar-refractivity contribution is 7.80. The molecule has 0 unspecified atom stereocenters. The molecule has 0 atom stereocenters. The van der Waals surface area contributed by atoms with Crippen molar-refractivity contribution in [3.63, 3.8) is 0 Å². The molecule has 0 heterocycles. The standard InChI is InChI=1S/C3H7NO.C2H5NS/c1-4(2)3-5;1-2(3)4/h3H,1-2H3;1H3,(H2,3,4). The number of nitrogens with two attached hydrogens (primary N) is 1. The monoisotopic (exact) mass is 148 g/mol. The van der Waals surface area contributed by atoms with Crippen LogP contribution in [-0.4, -0.2) is 30.4 Å². The van der Waals surface area contributed by atoms with Gasteiger partial charge in [-0.05, 0) is 6.92 Å². The molecule has 0 fully saturated rings. The number of carbonyl (C=O) groups is 1. The van der Waals surface area contributed by atoms with Gasteiger partial charge in [-0.25, -0.2) is 0 Å². The molecule has 3 nitrogen and oxygen atoms in total. The van der Waals surface area contributed by atoms with Crippen molar-refractivity contribution >= 4 is 23.6 Å². The molecule has 0 aliphatic heterocycles. The largest absolute Gasteiger partial charge is 0.394 e. The summed E-state index contributed by atoms with van der Waals surface area (Å²) in [5, 5.41) is 0. The van der Waals surface area contributed by atoms with Crippen LogP contribution in [0.2, 0.25) is 0 Å². The summed E-state index contributed by atoms with van der Waals surface area (Å²) in [6.07, 6.45) is 0.750. The molecule has 0 aliphatic rings. The number of amides is 1. The van der Waals surface area contributed by atoms with Gasteiger partial charge in [0.1, 0.15) is 0 Å². The van der Waals surface area contributed by atoms with Crippen molar-refractivity contribution in [2.75, 3.05) is 14.1 Å². The first-order valence-electron chi connectivity index (χ1n) is 2.38. The Morgan fingerprint density at radius 3 is 1.78 bits per heavy atom. The van der Waals surface area contributed by atoms with Gasteiger partial charge in [0.15, 0.2) is 0 Å². The first-order valence-corrected chi connectivity index (χ1v) is 2.79. The van der Waals surface area contributed by atoms with Crippen LogP contribution in [0.1, 0.15) is 6.92 Å². The van der Waals surface area contributed by atoms with Crippen LogP contribution in [0, 0.1) is 0 Å². The molecule has 0 saturated carbocycles. The molecule has 2 N–H and O–H groups in total. The average Bonchev–Trinajstić information content (AvgIpc) is 1.65. The Hall–Kier alpha value is -0.640. The predicted molar refractivity (Wildman–Crippen MR) is 42.2 cm³/mol. The van der Waals surface area contributed by atoms with Crippen LogP contribution in [0.3, 0.4) is 0 Å². The van der Waals surface area contributed by atoms with E-state index in [9.17, 15) is 4.79 Å². The quantitative estimate of drug-likeness (QED) is 0.420. The molecular formula is C5H12N2OS. The van der Waals surface area contributed by atoms with Gasteiger partial charge in [-0.15, -0.1) is 0 Å². The second-order valence-corrected chi connectivity index (χ2v) is 2.32. The topological polar surface area (TPSA) is 46.3 Å². The van der Waals surface area contributed by atoms with Gasteiger partial charge in [-0.2, -0.15) is 0 Å². The number of rotatable bonds is 1. The third-order valence-electron chi connectivity index (χ3n) is 0.211. The third kappa shape index (κ3) is 114. The van der Waals surface area contributed by atoms with Gasteiger partial charge in [-0.1, -0.05) is 12.2 Å². The molecule has 0 aromatic heterocycles.